The number of likely N-dealkylation sites (tertiary alicyclic amines) is 1. The minimum atomic E-state index is -0.0327. The predicted octanol–water partition coefficient (Wildman–Crippen LogP) is 0.545. The molecule has 2 aromatic rings. The summed E-state index contributed by atoms with van der Waals surface area (Å²) in [6.07, 6.45) is 5.46. The lowest BCUT2D eigenvalue weighted by molar-refractivity contribution is 0.0301. The van der Waals surface area contributed by atoms with Crippen LogP contribution in [0.5, 0.6) is 0 Å². The van der Waals surface area contributed by atoms with Gasteiger partial charge in [0.25, 0.3) is 5.91 Å². The van der Waals surface area contributed by atoms with Crippen LogP contribution in [0.2, 0.25) is 0 Å². The minimum absolute atomic E-state index is 0.0327. The Morgan fingerprint density at radius 1 is 1.35 bits per heavy atom. The molecule has 0 spiro atoms. The van der Waals surface area contributed by atoms with Crippen LogP contribution in [0.1, 0.15) is 10.5 Å². The van der Waals surface area contributed by atoms with Gasteiger partial charge in [-0.2, -0.15) is 5.10 Å². The normalized spacial score (nSPS) is 23.9. The fourth-order valence-electron chi connectivity index (χ4n) is 3.39. The highest BCUT2D eigenvalue weighted by atomic mass is 16.5. The lowest BCUT2D eigenvalue weighted by Crippen LogP contribution is -2.51. The zero-order chi connectivity index (χ0) is 15.8. The number of aromatic nitrogens is 3. The first kappa shape index (κ1) is 14.2. The van der Waals surface area contributed by atoms with Gasteiger partial charge in [0.2, 0.25) is 0 Å². The van der Waals surface area contributed by atoms with Crippen LogP contribution >= 0.6 is 0 Å². The lowest BCUT2D eigenvalue weighted by atomic mass is 10.1. The van der Waals surface area contributed by atoms with Crippen molar-refractivity contribution in [1.29, 1.82) is 0 Å². The molecule has 120 valence electrons. The van der Waals surface area contributed by atoms with Crippen LogP contribution in [-0.2, 0) is 11.8 Å². The van der Waals surface area contributed by atoms with Crippen LogP contribution in [0.15, 0.2) is 36.8 Å². The first-order valence-corrected chi connectivity index (χ1v) is 7.79. The smallest absolute Gasteiger partial charge is 0.274 e. The van der Waals surface area contributed by atoms with E-state index in [1.54, 1.807) is 23.1 Å². The summed E-state index contributed by atoms with van der Waals surface area (Å²) < 4.78 is 7.54. The summed E-state index contributed by atoms with van der Waals surface area (Å²) in [7, 11) is 1.81. The molecule has 23 heavy (non-hydrogen) atoms. The minimum Gasteiger partial charge on any atom is -0.372 e. The summed E-state index contributed by atoms with van der Waals surface area (Å²) in [4.78, 5) is 21.0. The number of carbonyl (C=O) groups is 1. The number of hydrogen-bond donors (Lipinski definition) is 0. The quantitative estimate of drug-likeness (QED) is 0.810. The molecule has 0 bridgehead atoms. The molecule has 2 fully saturated rings. The molecule has 7 heteroatoms. The van der Waals surface area contributed by atoms with Crippen molar-refractivity contribution in [1.82, 2.24) is 19.7 Å². The summed E-state index contributed by atoms with van der Waals surface area (Å²) >= 11 is 0. The van der Waals surface area contributed by atoms with Gasteiger partial charge < -0.3 is 14.5 Å². The highest BCUT2D eigenvalue weighted by molar-refractivity contribution is 5.92. The van der Waals surface area contributed by atoms with Crippen LogP contribution in [0, 0.1) is 0 Å². The number of fused-ring (bicyclic) bond motifs is 1. The van der Waals surface area contributed by atoms with E-state index in [1.807, 2.05) is 24.2 Å². The van der Waals surface area contributed by atoms with E-state index in [-0.39, 0.29) is 18.1 Å². The van der Waals surface area contributed by atoms with Crippen molar-refractivity contribution in [2.24, 2.45) is 7.05 Å². The molecule has 4 heterocycles. The Hall–Kier alpha value is -2.41. The van der Waals surface area contributed by atoms with E-state index >= 15 is 0 Å². The van der Waals surface area contributed by atoms with E-state index in [9.17, 15) is 4.79 Å². The van der Waals surface area contributed by atoms with Crippen LogP contribution in [-0.4, -0.2) is 64.0 Å². The van der Waals surface area contributed by atoms with Crippen LogP contribution in [0.25, 0.3) is 0 Å². The zero-order valence-corrected chi connectivity index (χ0v) is 13.0. The zero-order valence-electron chi connectivity index (χ0n) is 13.0. The average Bonchev–Trinajstić information content (AvgIpc) is 3.20. The highest BCUT2D eigenvalue weighted by Crippen LogP contribution is 2.28. The predicted molar refractivity (Wildman–Crippen MR) is 84.2 cm³/mol. The Morgan fingerprint density at radius 2 is 2.26 bits per heavy atom. The third kappa shape index (κ3) is 2.57. The van der Waals surface area contributed by atoms with Gasteiger partial charge in [0, 0.05) is 39.1 Å². The van der Waals surface area contributed by atoms with E-state index < -0.39 is 0 Å². The van der Waals surface area contributed by atoms with E-state index in [1.165, 1.54) is 0 Å². The van der Waals surface area contributed by atoms with Gasteiger partial charge in [-0.1, -0.05) is 0 Å². The molecule has 2 aromatic heterocycles. The number of pyridine rings is 1. The fourth-order valence-corrected chi connectivity index (χ4v) is 3.39. The Morgan fingerprint density at radius 3 is 3.00 bits per heavy atom. The molecule has 2 saturated heterocycles. The molecule has 0 N–H and O–H groups in total. The molecule has 0 unspecified atom stereocenters. The third-order valence-corrected chi connectivity index (χ3v) is 4.50. The molecule has 7 nitrogen and oxygen atoms in total. The second-order valence-electron chi connectivity index (χ2n) is 5.97. The Balaban J connectivity index is 1.54. The summed E-state index contributed by atoms with van der Waals surface area (Å²) in [5.74, 6) is -0.0327. The molecule has 2 aliphatic rings. The van der Waals surface area contributed by atoms with Crippen molar-refractivity contribution in [2.75, 3.05) is 31.1 Å². The number of amides is 1. The summed E-state index contributed by atoms with van der Waals surface area (Å²) in [6.45, 7) is 2.74. The van der Waals surface area contributed by atoms with Gasteiger partial charge in [-0.05, 0) is 18.2 Å². The van der Waals surface area contributed by atoms with Crippen molar-refractivity contribution in [3.63, 3.8) is 0 Å². The number of aryl methyl sites for hydroxylation is 1. The van der Waals surface area contributed by atoms with E-state index in [2.05, 4.69) is 21.0 Å². The molecule has 0 saturated carbocycles. The lowest BCUT2D eigenvalue weighted by Gasteiger charge is -2.38. The fraction of sp³-hybridized carbons (Fsp3) is 0.438. The molecule has 0 radical (unpaired) electrons. The largest absolute Gasteiger partial charge is 0.372 e. The van der Waals surface area contributed by atoms with Gasteiger partial charge in [-0.3, -0.25) is 14.5 Å². The summed E-state index contributed by atoms with van der Waals surface area (Å²) in [5, 5.41) is 4.21. The summed E-state index contributed by atoms with van der Waals surface area (Å²) in [5.41, 5.74) is 1.57. The Bertz CT molecular complexity index is 702. The topological polar surface area (TPSA) is 63.5 Å². The van der Waals surface area contributed by atoms with Crippen LogP contribution < -0.4 is 4.90 Å². The molecule has 2 atom stereocenters. The molecule has 0 aliphatic carbocycles. The molecule has 2 aliphatic heterocycles. The maximum atomic E-state index is 12.6. The van der Waals surface area contributed by atoms with E-state index in [0.717, 1.165) is 12.2 Å². The number of anilines is 1. The molecule has 0 aromatic carbocycles. The maximum Gasteiger partial charge on any atom is 0.274 e. The van der Waals surface area contributed by atoms with Gasteiger partial charge in [0.15, 0.2) is 0 Å². The van der Waals surface area contributed by atoms with Crippen molar-refractivity contribution in [3.8, 4) is 0 Å². The molecular weight excluding hydrogens is 294 g/mol. The number of ether oxygens (including phenoxy) is 1. The van der Waals surface area contributed by atoms with Crippen LogP contribution in [0.3, 0.4) is 0 Å². The number of nitrogens with zero attached hydrogens (tertiary/aromatic N) is 5. The van der Waals surface area contributed by atoms with Gasteiger partial charge in [0.05, 0.1) is 30.6 Å². The van der Waals surface area contributed by atoms with Crippen molar-refractivity contribution >= 4 is 11.6 Å². The summed E-state index contributed by atoms with van der Waals surface area (Å²) in [6, 6.07) is 5.91. The van der Waals surface area contributed by atoms with Gasteiger partial charge in [-0.15, -0.1) is 0 Å². The van der Waals surface area contributed by atoms with Crippen molar-refractivity contribution < 1.29 is 9.53 Å². The average molecular weight is 313 g/mol. The Kier molecular flexibility index (Phi) is 3.49. The van der Waals surface area contributed by atoms with Crippen molar-refractivity contribution in [3.05, 3.63) is 42.5 Å². The van der Waals surface area contributed by atoms with Gasteiger partial charge >= 0.3 is 0 Å². The number of carbonyl (C=O) groups excluding carboxylic acids is 1. The first-order valence-electron chi connectivity index (χ1n) is 7.79. The Labute approximate surface area is 134 Å². The van der Waals surface area contributed by atoms with E-state index in [4.69, 9.17) is 4.74 Å². The maximum absolute atomic E-state index is 12.6. The molecular formula is C16H19N5O2. The highest BCUT2D eigenvalue weighted by Gasteiger charge is 2.42. The number of hydrogen-bond acceptors (Lipinski definition) is 5. The van der Waals surface area contributed by atoms with E-state index in [0.29, 0.717) is 25.4 Å². The van der Waals surface area contributed by atoms with Crippen molar-refractivity contribution in [2.45, 2.75) is 12.1 Å². The third-order valence-electron chi connectivity index (χ3n) is 4.50. The molecule has 4 rings (SSSR count). The standard InChI is InChI=1S/C16H19N5O2/c1-19-6-4-13(18-19)16(22)20-10-14-15(11-20)23-8-7-21(14)12-3-2-5-17-9-12/h2-6,9,14-15H,7-8,10-11H2,1H3/t14-,15+/m1/s1. The second-order valence-corrected chi connectivity index (χ2v) is 5.97. The first-order chi connectivity index (χ1) is 11.2. The molecule has 1 amide bonds. The van der Waals surface area contributed by atoms with Gasteiger partial charge in [-0.25, -0.2) is 0 Å². The SMILES string of the molecule is Cn1ccc(C(=O)N2C[C@@H]3OCCN(c4cccnc4)[C@@H]3C2)n1. The van der Waals surface area contributed by atoms with Crippen LogP contribution in [0.4, 0.5) is 5.69 Å². The monoisotopic (exact) mass is 313 g/mol. The number of rotatable bonds is 2. The second kappa shape index (κ2) is 5.66. The van der Waals surface area contributed by atoms with Gasteiger partial charge in [0.1, 0.15) is 5.69 Å². The number of morpholine rings is 1.